The average molecular weight is 213 g/mol. The van der Waals surface area contributed by atoms with Crippen molar-refractivity contribution in [3.8, 4) is 0 Å². The van der Waals surface area contributed by atoms with E-state index in [0.29, 0.717) is 13.0 Å². The second-order valence-electron chi connectivity index (χ2n) is 4.24. The number of likely N-dealkylation sites (tertiary alicyclic amines) is 1. The third-order valence-electron chi connectivity index (χ3n) is 2.97. The van der Waals surface area contributed by atoms with E-state index in [2.05, 4.69) is 0 Å². The van der Waals surface area contributed by atoms with E-state index in [-0.39, 0.29) is 11.8 Å². The molecule has 1 N–H and O–H groups in total. The van der Waals surface area contributed by atoms with Gasteiger partial charge in [0.15, 0.2) is 0 Å². The van der Waals surface area contributed by atoms with Crippen LogP contribution in [0.1, 0.15) is 39.5 Å². The van der Waals surface area contributed by atoms with Crippen LogP contribution in [0, 0.1) is 5.92 Å². The minimum Gasteiger partial charge on any atom is -0.480 e. The monoisotopic (exact) mass is 213 g/mol. The van der Waals surface area contributed by atoms with Crippen LogP contribution in [0.15, 0.2) is 0 Å². The van der Waals surface area contributed by atoms with Gasteiger partial charge in [-0.25, -0.2) is 4.79 Å². The van der Waals surface area contributed by atoms with Crippen LogP contribution in [0.5, 0.6) is 0 Å². The van der Waals surface area contributed by atoms with Crippen LogP contribution in [0.4, 0.5) is 0 Å². The molecule has 1 aliphatic heterocycles. The fraction of sp³-hybridized carbons (Fsp3) is 0.818. The van der Waals surface area contributed by atoms with Gasteiger partial charge in [-0.05, 0) is 25.2 Å². The smallest absolute Gasteiger partial charge is 0.326 e. The first kappa shape index (κ1) is 12.0. The lowest BCUT2D eigenvalue weighted by Gasteiger charge is -2.37. The lowest BCUT2D eigenvalue weighted by Crippen LogP contribution is -2.51. The van der Waals surface area contributed by atoms with E-state index in [1.807, 2.05) is 13.8 Å². The first-order valence-electron chi connectivity index (χ1n) is 5.60. The van der Waals surface area contributed by atoms with E-state index in [9.17, 15) is 9.59 Å². The van der Waals surface area contributed by atoms with Crippen LogP contribution in [0.25, 0.3) is 0 Å². The highest BCUT2D eigenvalue weighted by Gasteiger charge is 2.36. The molecule has 0 bridgehead atoms. The zero-order valence-corrected chi connectivity index (χ0v) is 9.40. The summed E-state index contributed by atoms with van der Waals surface area (Å²) in [6.07, 6.45) is 3.04. The number of carbonyl (C=O) groups excluding carboxylic acids is 1. The molecule has 2 atom stereocenters. The van der Waals surface area contributed by atoms with Crippen molar-refractivity contribution in [2.75, 3.05) is 6.54 Å². The van der Waals surface area contributed by atoms with Gasteiger partial charge in [0.25, 0.3) is 0 Å². The van der Waals surface area contributed by atoms with E-state index in [1.165, 1.54) is 0 Å². The molecule has 2 unspecified atom stereocenters. The normalized spacial score (nSPS) is 26.4. The maximum Gasteiger partial charge on any atom is 0.326 e. The molecule has 15 heavy (non-hydrogen) atoms. The number of hydrogen-bond donors (Lipinski definition) is 1. The minimum absolute atomic E-state index is 0.0172. The molecule has 0 aliphatic carbocycles. The SMILES string of the molecule is CCCC(=O)N1CCCC(C)C1C(=O)O. The maximum absolute atomic E-state index is 11.7. The van der Waals surface area contributed by atoms with Gasteiger partial charge < -0.3 is 10.0 Å². The number of carbonyl (C=O) groups is 2. The number of piperidine rings is 1. The number of aliphatic carboxylic acids is 1. The van der Waals surface area contributed by atoms with E-state index in [4.69, 9.17) is 5.11 Å². The quantitative estimate of drug-likeness (QED) is 0.772. The largest absolute Gasteiger partial charge is 0.480 e. The second kappa shape index (κ2) is 5.14. The Bertz CT molecular complexity index is 252. The van der Waals surface area contributed by atoms with Crippen LogP contribution in [0.2, 0.25) is 0 Å². The molecule has 4 heteroatoms. The Kier molecular flexibility index (Phi) is 4.12. The van der Waals surface area contributed by atoms with Gasteiger partial charge in [-0.1, -0.05) is 13.8 Å². The van der Waals surface area contributed by atoms with E-state index >= 15 is 0 Å². The van der Waals surface area contributed by atoms with Gasteiger partial charge in [-0.3, -0.25) is 4.79 Å². The standard InChI is InChI=1S/C11H19NO3/c1-3-5-9(13)12-7-4-6-8(2)10(12)11(14)15/h8,10H,3-7H2,1-2H3,(H,14,15). The number of rotatable bonds is 3. The van der Waals surface area contributed by atoms with E-state index < -0.39 is 12.0 Å². The Morgan fingerprint density at radius 3 is 2.67 bits per heavy atom. The highest BCUT2D eigenvalue weighted by molar-refractivity contribution is 5.84. The fourth-order valence-electron chi connectivity index (χ4n) is 2.20. The maximum atomic E-state index is 11.7. The van der Waals surface area contributed by atoms with Crippen molar-refractivity contribution in [1.82, 2.24) is 4.90 Å². The van der Waals surface area contributed by atoms with Crippen LogP contribution in [-0.2, 0) is 9.59 Å². The third kappa shape index (κ3) is 2.70. The number of nitrogens with zero attached hydrogens (tertiary/aromatic N) is 1. The molecule has 4 nitrogen and oxygen atoms in total. The molecule has 0 aromatic rings. The van der Waals surface area contributed by atoms with Gasteiger partial charge in [0.2, 0.25) is 5.91 Å². The van der Waals surface area contributed by atoms with Crippen molar-refractivity contribution >= 4 is 11.9 Å². The summed E-state index contributed by atoms with van der Waals surface area (Å²) >= 11 is 0. The second-order valence-corrected chi connectivity index (χ2v) is 4.24. The Morgan fingerprint density at radius 2 is 2.13 bits per heavy atom. The lowest BCUT2D eigenvalue weighted by molar-refractivity contribution is -0.154. The van der Waals surface area contributed by atoms with Crippen molar-refractivity contribution < 1.29 is 14.7 Å². The van der Waals surface area contributed by atoms with Crippen LogP contribution >= 0.6 is 0 Å². The first-order chi connectivity index (χ1) is 7.07. The molecule has 86 valence electrons. The molecule has 1 saturated heterocycles. The van der Waals surface area contributed by atoms with Gasteiger partial charge in [-0.15, -0.1) is 0 Å². The molecule has 0 radical (unpaired) electrons. The van der Waals surface area contributed by atoms with Crippen molar-refractivity contribution in [2.24, 2.45) is 5.92 Å². The first-order valence-corrected chi connectivity index (χ1v) is 5.60. The van der Waals surface area contributed by atoms with Crippen molar-refractivity contribution in [2.45, 2.75) is 45.6 Å². The lowest BCUT2D eigenvalue weighted by atomic mass is 9.90. The predicted molar refractivity (Wildman–Crippen MR) is 56.4 cm³/mol. The average Bonchev–Trinajstić information content (AvgIpc) is 2.17. The Hall–Kier alpha value is -1.06. The molecule has 0 spiro atoms. The molecule has 0 saturated carbocycles. The van der Waals surface area contributed by atoms with Crippen LogP contribution in [0.3, 0.4) is 0 Å². The summed E-state index contributed by atoms with van der Waals surface area (Å²) in [6.45, 7) is 4.44. The molecule has 1 heterocycles. The molecule has 0 aromatic heterocycles. The molecule has 1 amide bonds. The van der Waals surface area contributed by atoms with E-state index in [0.717, 1.165) is 19.3 Å². The molecule has 1 aliphatic rings. The van der Waals surface area contributed by atoms with Gasteiger partial charge in [0.1, 0.15) is 6.04 Å². The topological polar surface area (TPSA) is 57.6 Å². The van der Waals surface area contributed by atoms with Crippen molar-refractivity contribution in [3.05, 3.63) is 0 Å². The fourth-order valence-corrected chi connectivity index (χ4v) is 2.20. The summed E-state index contributed by atoms with van der Waals surface area (Å²) in [5.74, 6) is -0.819. The number of carboxylic acids is 1. The Balaban J connectivity index is 2.74. The summed E-state index contributed by atoms with van der Waals surface area (Å²) in [4.78, 5) is 24.4. The van der Waals surface area contributed by atoms with Gasteiger partial charge in [0, 0.05) is 13.0 Å². The number of hydrogen-bond acceptors (Lipinski definition) is 2. The molecule has 1 rings (SSSR count). The van der Waals surface area contributed by atoms with Gasteiger partial charge in [0.05, 0.1) is 0 Å². The van der Waals surface area contributed by atoms with Crippen LogP contribution in [-0.4, -0.2) is 34.5 Å². The summed E-state index contributed by atoms with van der Waals surface area (Å²) in [7, 11) is 0. The zero-order valence-electron chi connectivity index (χ0n) is 9.40. The molecular weight excluding hydrogens is 194 g/mol. The highest BCUT2D eigenvalue weighted by Crippen LogP contribution is 2.24. The highest BCUT2D eigenvalue weighted by atomic mass is 16.4. The van der Waals surface area contributed by atoms with Gasteiger partial charge >= 0.3 is 5.97 Å². The summed E-state index contributed by atoms with van der Waals surface area (Å²) in [5.41, 5.74) is 0. The van der Waals surface area contributed by atoms with E-state index in [1.54, 1.807) is 4.90 Å². The van der Waals surface area contributed by atoms with Crippen molar-refractivity contribution in [3.63, 3.8) is 0 Å². The number of carboxylic acid groups (broad SMARTS) is 1. The summed E-state index contributed by atoms with van der Waals surface area (Å²) in [5, 5.41) is 9.10. The minimum atomic E-state index is -0.869. The molecule has 1 fully saturated rings. The zero-order chi connectivity index (χ0) is 11.4. The molecular formula is C11H19NO3. The molecule has 0 aromatic carbocycles. The summed E-state index contributed by atoms with van der Waals surface area (Å²) in [6, 6.07) is -0.613. The van der Waals surface area contributed by atoms with Crippen molar-refractivity contribution in [1.29, 1.82) is 0 Å². The predicted octanol–water partition coefficient (Wildman–Crippen LogP) is 1.50. The Labute approximate surface area is 90.3 Å². The summed E-state index contributed by atoms with van der Waals surface area (Å²) < 4.78 is 0. The number of amides is 1. The Morgan fingerprint density at radius 1 is 1.47 bits per heavy atom. The van der Waals surface area contributed by atoms with Gasteiger partial charge in [-0.2, -0.15) is 0 Å². The third-order valence-corrected chi connectivity index (χ3v) is 2.97. The van der Waals surface area contributed by atoms with Crippen LogP contribution < -0.4 is 0 Å².